The minimum absolute atomic E-state index is 0.0265. The molecule has 21 heavy (non-hydrogen) atoms. The van der Waals surface area contributed by atoms with Crippen molar-refractivity contribution in [1.29, 1.82) is 0 Å². The van der Waals surface area contributed by atoms with Crippen molar-refractivity contribution in [3.63, 3.8) is 0 Å². The highest BCUT2D eigenvalue weighted by atomic mass is 32.1. The average molecular weight is 302 g/mol. The number of hydrogen-bond acceptors (Lipinski definition) is 3. The van der Waals surface area contributed by atoms with Crippen molar-refractivity contribution in [2.24, 2.45) is 0 Å². The van der Waals surface area contributed by atoms with Gasteiger partial charge in [0.1, 0.15) is 0 Å². The number of hydrogen-bond donors (Lipinski definition) is 2. The number of anilines is 1. The third kappa shape index (κ3) is 3.85. The Kier molecular flexibility index (Phi) is 5.39. The highest BCUT2D eigenvalue weighted by Crippen LogP contribution is 2.19. The molecule has 1 aromatic heterocycles. The molecule has 4 heteroatoms. The molecule has 0 aliphatic carbocycles. The van der Waals surface area contributed by atoms with Crippen LogP contribution in [0.3, 0.4) is 0 Å². The molecule has 0 aliphatic heterocycles. The van der Waals surface area contributed by atoms with E-state index in [4.69, 9.17) is 0 Å². The number of benzene rings is 1. The molecule has 1 aromatic carbocycles. The lowest BCUT2D eigenvalue weighted by atomic mass is 10.1. The first-order valence-electron chi connectivity index (χ1n) is 7.33. The maximum Gasteiger partial charge on any atom is 0.253 e. The number of rotatable bonds is 6. The van der Waals surface area contributed by atoms with E-state index in [1.54, 1.807) is 11.3 Å². The van der Waals surface area contributed by atoms with Crippen molar-refractivity contribution in [2.45, 2.75) is 33.7 Å². The Balaban J connectivity index is 2.10. The van der Waals surface area contributed by atoms with Gasteiger partial charge in [-0.1, -0.05) is 13.0 Å². The minimum Gasteiger partial charge on any atom is -0.385 e. The lowest BCUT2D eigenvalue weighted by Crippen LogP contribution is -2.24. The van der Waals surface area contributed by atoms with E-state index in [0.29, 0.717) is 12.1 Å². The molecule has 0 spiro atoms. The van der Waals surface area contributed by atoms with Gasteiger partial charge in [-0.2, -0.15) is 0 Å². The molecule has 2 N–H and O–H groups in total. The van der Waals surface area contributed by atoms with Crippen LogP contribution in [-0.4, -0.2) is 12.5 Å². The van der Waals surface area contributed by atoms with E-state index in [2.05, 4.69) is 29.0 Å². The van der Waals surface area contributed by atoms with Crippen LogP contribution in [0, 0.1) is 6.92 Å². The molecule has 0 fully saturated rings. The monoisotopic (exact) mass is 302 g/mol. The fourth-order valence-corrected chi connectivity index (χ4v) is 3.20. The summed E-state index contributed by atoms with van der Waals surface area (Å²) in [5.41, 5.74) is 4.07. The molecule has 2 rings (SSSR count). The van der Waals surface area contributed by atoms with Crippen molar-refractivity contribution >= 4 is 22.9 Å². The number of carbonyl (C=O) groups excluding carboxylic acids is 1. The predicted octanol–water partition coefficient (Wildman–Crippen LogP) is 3.98. The van der Waals surface area contributed by atoms with Gasteiger partial charge in [0.15, 0.2) is 0 Å². The maximum atomic E-state index is 12.4. The van der Waals surface area contributed by atoms with E-state index in [-0.39, 0.29) is 5.91 Å². The zero-order chi connectivity index (χ0) is 15.2. The van der Waals surface area contributed by atoms with Crippen LogP contribution < -0.4 is 10.6 Å². The predicted molar refractivity (Wildman–Crippen MR) is 90.2 cm³/mol. The Labute approximate surface area is 130 Å². The van der Waals surface area contributed by atoms with Gasteiger partial charge in [0, 0.05) is 17.1 Å². The lowest BCUT2D eigenvalue weighted by Gasteiger charge is -2.12. The summed E-state index contributed by atoms with van der Waals surface area (Å²) in [4.78, 5) is 13.6. The zero-order valence-corrected chi connectivity index (χ0v) is 13.6. The Morgan fingerprint density at radius 3 is 2.76 bits per heavy atom. The van der Waals surface area contributed by atoms with Gasteiger partial charge < -0.3 is 10.6 Å². The molecule has 1 amide bonds. The van der Waals surface area contributed by atoms with E-state index in [1.165, 1.54) is 10.4 Å². The van der Waals surface area contributed by atoms with Crippen LogP contribution in [0.25, 0.3) is 0 Å². The number of amides is 1. The quantitative estimate of drug-likeness (QED) is 0.847. The Hall–Kier alpha value is -1.81. The SMILES string of the molecule is CCNc1cc(C)ccc1C(=O)NCc1sccc1CC. The summed E-state index contributed by atoms with van der Waals surface area (Å²) in [7, 11) is 0. The number of carbonyl (C=O) groups is 1. The molecule has 0 saturated carbocycles. The van der Waals surface area contributed by atoms with Crippen molar-refractivity contribution in [2.75, 3.05) is 11.9 Å². The van der Waals surface area contributed by atoms with Crippen LogP contribution >= 0.6 is 11.3 Å². The van der Waals surface area contributed by atoms with Crippen LogP contribution in [0.2, 0.25) is 0 Å². The second-order valence-corrected chi connectivity index (χ2v) is 5.99. The largest absolute Gasteiger partial charge is 0.385 e. The molecular weight excluding hydrogens is 280 g/mol. The molecule has 0 radical (unpaired) electrons. The lowest BCUT2D eigenvalue weighted by molar-refractivity contribution is 0.0952. The van der Waals surface area contributed by atoms with E-state index in [0.717, 1.165) is 24.2 Å². The molecule has 112 valence electrons. The summed E-state index contributed by atoms with van der Waals surface area (Å²) >= 11 is 1.70. The summed E-state index contributed by atoms with van der Waals surface area (Å²) in [6.45, 7) is 7.59. The van der Waals surface area contributed by atoms with E-state index in [1.807, 2.05) is 32.0 Å². The first kappa shape index (κ1) is 15.6. The van der Waals surface area contributed by atoms with Gasteiger partial charge in [-0.3, -0.25) is 4.79 Å². The highest BCUT2D eigenvalue weighted by Gasteiger charge is 2.12. The first-order valence-corrected chi connectivity index (χ1v) is 8.21. The minimum atomic E-state index is -0.0265. The molecule has 0 saturated heterocycles. The molecule has 0 bridgehead atoms. The molecule has 2 aromatic rings. The standard InChI is InChI=1S/C17H22N2OS/c1-4-13-8-9-21-16(13)11-19-17(20)14-7-6-12(3)10-15(14)18-5-2/h6-10,18H,4-5,11H2,1-3H3,(H,19,20). The van der Waals surface area contributed by atoms with Gasteiger partial charge >= 0.3 is 0 Å². The summed E-state index contributed by atoms with van der Waals surface area (Å²) in [5.74, 6) is -0.0265. The second-order valence-electron chi connectivity index (χ2n) is 4.98. The van der Waals surface area contributed by atoms with Gasteiger partial charge in [-0.05, 0) is 55.0 Å². The number of nitrogens with one attached hydrogen (secondary N) is 2. The summed E-state index contributed by atoms with van der Waals surface area (Å²) < 4.78 is 0. The van der Waals surface area contributed by atoms with Gasteiger partial charge in [0.25, 0.3) is 5.91 Å². The second kappa shape index (κ2) is 7.27. The van der Waals surface area contributed by atoms with Crippen molar-refractivity contribution in [3.05, 3.63) is 51.2 Å². The average Bonchev–Trinajstić information content (AvgIpc) is 2.93. The zero-order valence-electron chi connectivity index (χ0n) is 12.8. The molecule has 0 unspecified atom stereocenters. The summed E-state index contributed by atoms with van der Waals surface area (Å²) in [5, 5.41) is 8.36. The molecular formula is C17H22N2OS. The molecule has 3 nitrogen and oxygen atoms in total. The van der Waals surface area contributed by atoms with Crippen LogP contribution in [-0.2, 0) is 13.0 Å². The Morgan fingerprint density at radius 2 is 2.05 bits per heavy atom. The van der Waals surface area contributed by atoms with Crippen molar-refractivity contribution in [1.82, 2.24) is 5.32 Å². The number of thiophene rings is 1. The summed E-state index contributed by atoms with van der Waals surface area (Å²) in [6.07, 6.45) is 1.00. The Bertz CT molecular complexity index is 619. The highest BCUT2D eigenvalue weighted by molar-refractivity contribution is 7.10. The van der Waals surface area contributed by atoms with E-state index >= 15 is 0 Å². The molecule has 0 atom stereocenters. The third-order valence-corrected chi connectivity index (χ3v) is 4.38. The van der Waals surface area contributed by atoms with Crippen LogP contribution in [0.5, 0.6) is 0 Å². The maximum absolute atomic E-state index is 12.4. The first-order chi connectivity index (χ1) is 10.2. The van der Waals surface area contributed by atoms with Gasteiger partial charge in [0.05, 0.1) is 12.1 Å². The fourth-order valence-electron chi connectivity index (χ4n) is 2.29. The van der Waals surface area contributed by atoms with Gasteiger partial charge in [0.2, 0.25) is 0 Å². The topological polar surface area (TPSA) is 41.1 Å². The van der Waals surface area contributed by atoms with Crippen LogP contribution in [0.1, 0.15) is 40.2 Å². The molecule has 1 heterocycles. The van der Waals surface area contributed by atoms with Crippen LogP contribution in [0.4, 0.5) is 5.69 Å². The normalized spacial score (nSPS) is 10.4. The van der Waals surface area contributed by atoms with E-state index < -0.39 is 0 Å². The van der Waals surface area contributed by atoms with Crippen molar-refractivity contribution in [3.8, 4) is 0 Å². The van der Waals surface area contributed by atoms with Crippen LogP contribution in [0.15, 0.2) is 29.6 Å². The van der Waals surface area contributed by atoms with Gasteiger partial charge in [-0.25, -0.2) is 0 Å². The third-order valence-electron chi connectivity index (χ3n) is 3.42. The Morgan fingerprint density at radius 1 is 1.24 bits per heavy atom. The number of aryl methyl sites for hydroxylation is 2. The van der Waals surface area contributed by atoms with E-state index in [9.17, 15) is 4.79 Å². The summed E-state index contributed by atoms with van der Waals surface area (Å²) in [6, 6.07) is 8.00. The van der Waals surface area contributed by atoms with Crippen molar-refractivity contribution < 1.29 is 4.79 Å². The molecule has 0 aliphatic rings. The van der Waals surface area contributed by atoms with Gasteiger partial charge in [-0.15, -0.1) is 11.3 Å². The fraction of sp³-hybridized carbons (Fsp3) is 0.353. The smallest absolute Gasteiger partial charge is 0.253 e.